The highest BCUT2D eigenvalue weighted by Gasteiger charge is 2.17. The molecule has 0 spiro atoms. The third kappa shape index (κ3) is 7.98. The normalized spacial score (nSPS) is 10.9. The fourth-order valence-electron chi connectivity index (χ4n) is 2.90. The Morgan fingerprint density at radius 2 is 1.87 bits per heavy atom. The van der Waals surface area contributed by atoms with Gasteiger partial charge in [-0.05, 0) is 36.6 Å². The van der Waals surface area contributed by atoms with E-state index in [-0.39, 0.29) is 12.7 Å². The molecule has 5 heteroatoms. The summed E-state index contributed by atoms with van der Waals surface area (Å²) < 4.78 is 17.0. The van der Waals surface area contributed by atoms with Crippen molar-refractivity contribution in [3.8, 4) is 35.7 Å². The van der Waals surface area contributed by atoms with Crippen molar-refractivity contribution in [2.24, 2.45) is 0 Å². The Kier molecular flexibility index (Phi) is 10.4. The highest BCUT2D eigenvalue weighted by Crippen LogP contribution is 2.28. The first-order valence-corrected chi connectivity index (χ1v) is 10.6. The van der Waals surface area contributed by atoms with Crippen LogP contribution in [0.1, 0.15) is 36.1 Å². The summed E-state index contributed by atoms with van der Waals surface area (Å²) in [6, 6.07) is 14.0. The second kappa shape index (κ2) is 13.3. The van der Waals surface area contributed by atoms with Crippen LogP contribution in [0.15, 0.2) is 42.5 Å². The quantitative estimate of drug-likeness (QED) is 0.435. The Labute approximate surface area is 191 Å². The van der Waals surface area contributed by atoms with Gasteiger partial charge in [-0.3, -0.25) is 0 Å². The van der Waals surface area contributed by atoms with E-state index in [0.717, 1.165) is 24.0 Å². The number of hydrogen-bond donors (Lipinski definition) is 1. The zero-order valence-electron chi connectivity index (χ0n) is 18.4. The second-order valence-electron chi connectivity index (χ2n) is 6.83. The van der Waals surface area contributed by atoms with Crippen LogP contribution in [-0.2, 0) is 11.2 Å². The monoisotopic (exact) mass is 435 g/mol. The summed E-state index contributed by atoms with van der Waals surface area (Å²) in [4.78, 5) is 0.612. The number of benzene rings is 2. The molecular weight excluding hydrogens is 406 g/mol. The molecule has 4 nitrogen and oxygen atoms in total. The van der Waals surface area contributed by atoms with Crippen molar-refractivity contribution in [2.45, 2.75) is 32.8 Å². The van der Waals surface area contributed by atoms with Gasteiger partial charge >= 0.3 is 0 Å². The average molecular weight is 436 g/mol. The standard InChI is InChI=1S/C26H29NO3S/c1-5-7-8-18-29-23-14-11-21(19-24(23)28-4)15-16-27-26(31)25(30-17-6-2)22-12-9-20(3)10-13-22/h2,9-14,19,25H,5,15-18H2,1,3-4H3,(H,27,31). The van der Waals surface area contributed by atoms with Crippen LogP contribution in [0.2, 0.25) is 0 Å². The van der Waals surface area contributed by atoms with E-state index in [1.54, 1.807) is 7.11 Å². The summed E-state index contributed by atoms with van der Waals surface area (Å²) in [5.74, 6) is 9.83. The van der Waals surface area contributed by atoms with Crippen molar-refractivity contribution in [3.63, 3.8) is 0 Å². The molecule has 0 radical (unpaired) electrons. The molecular formula is C26H29NO3S. The van der Waals surface area contributed by atoms with Crippen LogP contribution in [0.25, 0.3) is 0 Å². The summed E-state index contributed by atoms with van der Waals surface area (Å²) in [7, 11) is 1.63. The molecule has 0 heterocycles. The van der Waals surface area contributed by atoms with Crippen molar-refractivity contribution >= 4 is 17.2 Å². The molecule has 0 bridgehead atoms. The van der Waals surface area contributed by atoms with E-state index in [9.17, 15) is 0 Å². The first kappa shape index (κ1) is 24.3. The number of ether oxygens (including phenoxy) is 3. The number of thiocarbonyl (C=S) groups is 1. The molecule has 31 heavy (non-hydrogen) atoms. The van der Waals surface area contributed by atoms with Gasteiger partial charge < -0.3 is 19.5 Å². The first-order valence-electron chi connectivity index (χ1n) is 10.2. The number of rotatable bonds is 10. The van der Waals surface area contributed by atoms with Gasteiger partial charge in [0.1, 0.15) is 24.3 Å². The minimum Gasteiger partial charge on any atom is -0.493 e. The highest BCUT2D eigenvalue weighted by molar-refractivity contribution is 7.80. The fraction of sp³-hybridized carbons (Fsp3) is 0.346. The SMILES string of the molecule is C#CCOC(C(=S)NCCc1ccc(OCC#CCC)c(OC)c1)c1ccc(C)cc1. The second-order valence-corrected chi connectivity index (χ2v) is 7.27. The molecule has 0 amide bonds. The van der Waals surface area contributed by atoms with Gasteiger partial charge in [0.2, 0.25) is 0 Å². The van der Waals surface area contributed by atoms with Crippen LogP contribution in [0.4, 0.5) is 0 Å². The number of hydrogen-bond acceptors (Lipinski definition) is 4. The maximum absolute atomic E-state index is 5.80. The molecule has 162 valence electrons. The zero-order chi connectivity index (χ0) is 22.5. The molecule has 1 unspecified atom stereocenters. The van der Waals surface area contributed by atoms with Crippen LogP contribution in [0.5, 0.6) is 11.5 Å². The topological polar surface area (TPSA) is 39.7 Å². The molecule has 0 fully saturated rings. The number of nitrogens with one attached hydrogen (secondary N) is 1. The summed E-state index contributed by atoms with van der Waals surface area (Å²) in [6.45, 7) is 5.25. The van der Waals surface area contributed by atoms with Crippen LogP contribution >= 0.6 is 12.2 Å². The van der Waals surface area contributed by atoms with E-state index in [0.29, 0.717) is 29.6 Å². The van der Waals surface area contributed by atoms with E-state index in [4.69, 9.17) is 32.9 Å². The lowest BCUT2D eigenvalue weighted by Gasteiger charge is -2.20. The Balaban J connectivity index is 1.96. The lowest BCUT2D eigenvalue weighted by atomic mass is 10.1. The highest BCUT2D eigenvalue weighted by atomic mass is 32.1. The van der Waals surface area contributed by atoms with Gasteiger partial charge in [0.25, 0.3) is 0 Å². The molecule has 0 aliphatic heterocycles. The predicted molar refractivity (Wildman–Crippen MR) is 130 cm³/mol. The summed E-state index contributed by atoms with van der Waals surface area (Å²) in [5, 5.41) is 3.30. The Morgan fingerprint density at radius 1 is 1.10 bits per heavy atom. The third-order valence-corrected chi connectivity index (χ3v) is 4.85. The van der Waals surface area contributed by atoms with E-state index in [1.807, 2.05) is 56.3 Å². The molecule has 0 saturated carbocycles. The molecule has 1 N–H and O–H groups in total. The minimum absolute atomic E-state index is 0.196. The lowest BCUT2D eigenvalue weighted by Crippen LogP contribution is -2.31. The molecule has 0 aliphatic carbocycles. The molecule has 1 atom stereocenters. The van der Waals surface area contributed by atoms with Gasteiger partial charge in [-0.2, -0.15) is 0 Å². The van der Waals surface area contributed by atoms with E-state index in [1.165, 1.54) is 5.56 Å². The van der Waals surface area contributed by atoms with Gasteiger partial charge in [-0.25, -0.2) is 0 Å². The predicted octanol–water partition coefficient (Wildman–Crippen LogP) is 4.65. The average Bonchev–Trinajstić information content (AvgIpc) is 2.78. The molecule has 2 aromatic rings. The van der Waals surface area contributed by atoms with E-state index < -0.39 is 0 Å². The number of aryl methyl sites for hydroxylation is 1. The summed E-state index contributed by atoms with van der Waals surface area (Å²) in [5.41, 5.74) is 3.26. The first-order chi connectivity index (χ1) is 15.1. The van der Waals surface area contributed by atoms with Crippen LogP contribution in [0.3, 0.4) is 0 Å². The Hall–Kier alpha value is -2.99. The largest absolute Gasteiger partial charge is 0.493 e. The molecule has 0 aliphatic rings. The minimum atomic E-state index is -0.374. The molecule has 2 rings (SSSR count). The Bertz CT molecular complexity index is 951. The smallest absolute Gasteiger partial charge is 0.162 e. The van der Waals surface area contributed by atoms with Gasteiger partial charge in [-0.15, -0.1) is 12.3 Å². The maximum atomic E-state index is 5.80. The molecule has 2 aromatic carbocycles. The van der Waals surface area contributed by atoms with Gasteiger partial charge in [-0.1, -0.05) is 66.9 Å². The van der Waals surface area contributed by atoms with Crippen molar-refractivity contribution in [3.05, 3.63) is 59.2 Å². The van der Waals surface area contributed by atoms with Crippen molar-refractivity contribution in [1.29, 1.82) is 0 Å². The molecule has 0 aromatic heterocycles. The van der Waals surface area contributed by atoms with Crippen molar-refractivity contribution < 1.29 is 14.2 Å². The van der Waals surface area contributed by atoms with E-state index in [2.05, 4.69) is 23.1 Å². The van der Waals surface area contributed by atoms with Gasteiger partial charge in [0.05, 0.1) is 7.11 Å². The fourth-order valence-corrected chi connectivity index (χ4v) is 3.20. The lowest BCUT2D eigenvalue weighted by molar-refractivity contribution is 0.127. The third-order valence-electron chi connectivity index (χ3n) is 4.49. The van der Waals surface area contributed by atoms with Crippen molar-refractivity contribution in [2.75, 3.05) is 26.9 Å². The van der Waals surface area contributed by atoms with Crippen LogP contribution in [0, 0.1) is 31.1 Å². The zero-order valence-corrected chi connectivity index (χ0v) is 19.2. The van der Waals surface area contributed by atoms with Crippen molar-refractivity contribution in [1.82, 2.24) is 5.32 Å². The Morgan fingerprint density at radius 3 is 2.55 bits per heavy atom. The summed E-state index contributed by atoms with van der Waals surface area (Å²) in [6.07, 6.45) is 6.58. The number of methoxy groups -OCH3 is 1. The van der Waals surface area contributed by atoms with Gasteiger partial charge in [0, 0.05) is 13.0 Å². The van der Waals surface area contributed by atoms with Gasteiger partial charge in [0.15, 0.2) is 11.5 Å². The van der Waals surface area contributed by atoms with Crippen LogP contribution in [-0.4, -0.2) is 31.9 Å². The molecule has 0 saturated heterocycles. The van der Waals surface area contributed by atoms with Crippen LogP contribution < -0.4 is 14.8 Å². The number of terminal acetylenes is 1. The summed E-state index contributed by atoms with van der Waals surface area (Å²) >= 11 is 5.60. The maximum Gasteiger partial charge on any atom is 0.162 e. The van der Waals surface area contributed by atoms with E-state index >= 15 is 0 Å².